The average Bonchev–Trinajstić information content (AvgIpc) is 2.55. The molecule has 0 atom stereocenters. The van der Waals surface area contributed by atoms with Gasteiger partial charge < -0.3 is 11.1 Å². The van der Waals surface area contributed by atoms with Crippen LogP contribution in [0.1, 0.15) is 29.8 Å². The Balaban J connectivity index is 2.35. The standard InChI is InChI=1S/C20H21ClN2O/c1-14(2)23-16(13-20(24)15-8-4-3-5-9-15)12-19(22)17-10-6-7-11-18(17)21/h3-14,23H,22H2,1-2H3/b16-13+,19-12-. The van der Waals surface area contributed by atoms with Crippen molar-refractivity contribution in [1.29, 1.82) is 0 Å². The van der Waals surface area contributed by atoms with Gasteiger partial charge >= 0.3 is 0 Å². The molecule has 0 radical (unpaired) electrons. The topological polar surface area (TPSA) is 55.1 Å². The van der Waals surface area contributed by atoms with Crippen molar-refractivity contribution in [3.05, 3.63) is 88.6 Å². The molecule has 2 aromatic rings. The van der Waals surface area contributed by atoms with Crippen LogP contribution in [0.4, 0.5) is 0 Å². The molecule has 0 aliphatic heterocycles. The number of allylic oxidation sites excluding steroid dienone is 2. The molecule has 2 rings (SSSR count). The number of nitrogens with one attached hydrogen (secondary N) is 1. The van der Waals surface area contributed by atoms with E-state index in [1.54, 1.807) is 30.4 Å². The van der Waals surface area contributed by atoms with Crippen LogP contribution >= 0.6 is 11.6 Å². The lowest BCUT2D eigenvalue weighted by atomic mass is 10.1. The maximum absolute atomic E-state index is 12.4. The van der Waals surface area contributed by atoms with Gasteiger partial charge in [0.25, 0.3) is 0 Å². The number of hydrogen-bond acceptors (Lipinski definition) is 3. The van der Waals surface area contributed by atoms with Crippen molar-refractivity contribution < 1.29 is 4.79 Å². The van der Waals surface area contributed by atoms with Gasteiger partial charge in [-0.3, -0.25) is 4.79 Å². The highest BCUT2D eigenvalue weighted by Gasteiger charge is 2.07. The molecular weight excluding hydrogens is 320 g/mol. The fourth-order valence-corrected chi connectivity index (χ4v) is 2.47. The van der Waals surface area contributed by atoms with Crippen LogP contribution in [0.3, 0.4) is 0 Å². The molecule has 0 bridgehead atoms. The van der Waals surface area contributed by atoms with Crippen LogP contribution < -0.4 is 11.1 Å². The van der Waals surface area contributed by atoms with Crippen molar-refractivity contribution in [3.63, 3.8) is 0 Å². The predicted molar refractivity (Wildman–Crippen MR) is 101 cm³/mol. The molecule has 3 N–H and O–H groups in total. The molecule has 3 nitrogen and oxygen atoms in total. The van der Waals surface area contributed by atoms with E-state index in [1.807, 2.05) is 50.2 Å². The largest absolute Gasteiger partial charge is 0.398 e. The number of nitrogens with two attached hydrogens (primary N) is 1. The lowest BCUT2D eigenvalue weighted by Gasteiger charge is -2.13. The molecule has 0 fully saturated rings. The van der Waals surface area contributed by atoms with Gasteiger partial charge in [0.2, 0.25) is 0 Å². The molecular formula is C20H21ClN2O. The molecule has 0 aromatic heterocycles. The first-order chi connectivity index (χ1) is 11.5. The average molecular weight is 341 g/mol. The summed E-state index contributed by atoms with van der Waals surface area (Å²) in [4.78, 5) is 12.4. The van der Waals surface area contributed by atoms with Crippen LogP contribution in [0.5, 0.6) is 0 Å². The monoisotopic (exact) mass is 340 g/mol. The van der Waals surface area contributed by atoms with E-state index in [1.165, 1.54) is 0 Å². The van der Waals surface area contributed by atoms with Crippen molar-refractivity contribution in [3.8, 4) is 0 Å². The fourth-order valence-electron chi connectivity index (χ4n) is 2.23. The normalized spacial score (nSPS) is 12.3. The maximum atomic E-state index is 12.4. The third-order valence-corrected chi connectivity index (χ3v) is 3.63. The Hall–Kier alpha value is -2.52. The Bertz CT molecular complexity index is 764. The highest BCUT2D eigenvalue weighted by atomic mass is 35.5. The molecule has 4 heteroatoms. The minimum atomic E-state index is -0.0815. The van der Waals surface area contributed by atoms with Gasteiger partial charge in [0.15, 0.2) is 5.78 Å². The van der Waals surface area contributed by atoms with Crippen molar-refractivity contribution in [2.24, 2.45) is 5.73 Å². The Kier molecular flexibility index (Phi) is 6.21. The molecule has 2 aromatic carbocycles. The molecule has 124 valence electrons. The number of ketones is 1. The van der Waals surface area contributed by atoms with Crippen molar-refractivity contribution in [2.45, 2.75) is 19.9 Å². The van der Waals surface area contributed by atoms with Crippen LogP contribution in [0.25, 0.3) is 5.70 Å². The van der Waals surface area contributed by atoms with Gasteiger partial charge in [0.1, 0.15) is 0 Å². The minimum absolute atomic E-state index is 0.0815. The summed E-state index contributed by atoms with van der Waals surface area (Å²) < 4.78 is 0. The van der Waals surface area contributed by atoms with E-state index in [0.29, 0.717) is 22.0 Å². The van der Waals surface area contributed by atoms with Crippen molar-refractivity contribution in [1.82, 2.24) is 5.32 Å². The number of rotatable bonds is 6. The lowest BCUT2D eigenvalue weighted by molar-refractivity contribution is 0.104. The zero-order valence-corrected chi connectivity index (χ0v) is 14.5. The maximum Gasteiger partial charge on any atom is 0.187 e. The number of carbonyl (C=O) groups excluding carboxylic acids is 1. The minimum Gasteiger partial charge on any atom is -0.398 e. The molecule has 0 aliphatic carbocycles. The number of halogens is 1. The van der Waals surface area contributed by atoms with Crippen LogP contribution in [0.15, 0.2) is 72.4 Å². The fraction of sp³-hybridized carbons (Fsp3) is 0.150. The second-order valence-corrected chi connectivity index (χ2v) is 6.12. The van der Waals surface area contributed by atoms with Gasteiger partial charge in [-0.1, -0.05) is 60.1 Å². The number of carbonyl (C=O) groups is 1. The first kappa shape index (κ1) is 17.8. The second kappa shape index (κ2) is 8.37. The van der Waals surface area contributed by atoms with Gasteiger partial charge in [0, 0.05) is 39.7 Å². The molecule has 0 saturated carbocycles. The molecule has 0 amide bonds. The number of hydrogen-bond donors (Lipinski definition) is 2. The summed E-state index contributed by atoms with van der Waals surface area (Å²) in [5.74, 6) is -0.0815. The third-order valence-electron chi connectivity index (χ3n) is 3.30. The summed E-state index contributed by atoms with van der Waals surface area (Å²) in [6, 6.07) is 16.6. The van der Waals surface area contributed by atoms with Crippen LogP contribution in [-0.2, 0) is 0 Å². The second-order valence-electron chi connectivity index (χ2n) is 5.71. The lowest BCUT2D eigenvalue weighted by Crippen LogP contribution is -2.22. The summed E-state index contributed by atoms with van der Waals surface area (Å²) in [7, 11) is 0. The van der Waals surface area contributed by atoms with E-state index in [2.05, 4.69) is 5.32 Å². The Morgan fingerprint density at radius 1 is 1.04 bits per heavy atom. The van der Waals surface area contributed by atoms with Gasteiger partial charge in [-0.2, -0.15) is 0 Å². The highest BCUT2D eigenvalue weighted by molar-refractivity contribution is 6.32. The van der Waals surface area contributed by atoms with E-state index in [0.717, 1.165) is 5.56 Å². The van der Waals surface area contributed by atoms with E-state index in [4.69, 9.17) is 17.3 Å². The summed E-state index contributed by atoms with van der Waals surface area (Å²) in [6.45, 7) is 4.00. The van der Waals surface area contributed by atoms with E-state index >= 15 is 0 Å². The van der Waals surface area contributed by atoms with Gasteiger partial charge in [-0.25, -0.2) is 0 Å². The van der Waals surface area contributed by atoms with E-state index in [9.17, 15) is 4.79 Å². The Labute approximate surface area is 147 Å². The van der Waals surface area contributed by atoms with E-state index < -0.39 is 0 Å². The smallest absolute Gasteiger partial charge is 0.187 e. The SMILES string of the molecule is CC(C)NC(/C=C(\N)c1ccccc1Cl)=C/C(=O)c1ccccc1. The van der Waals surface area contributed by atoms with Gasteiger partial charge in [-0.05, 0) is 26.0 Å². The van der Waals surface area contributed by atoms with Crippen molar-refractivity contribution >= 4 is 23.1 Å². The molecule has 0 unspecified atom stereocenters. The van der Waals surface area contributed by atoms with Crippen LogP contribution in [0.2, 0.25) is 5.02 Å². The zero-order chi connectivity index (χ0) is 17.5. The molecule has 0 aliphatic rings. The molecule has 0 saturated heterocycles. The summed E-state index contributed by atoms with van der Waals surface area (Å²) in [5.41, 5.74) is 8.69. The molecule has 24 heavy (non-hydrogen) atoms. The van der Waals surface area contributed by atoms with Crippen molar-refractivity contribution in [2.75, 3.05) is 0 Å². The summed E-state index contributed by atoms with van der Waals surface area (Å²) >= 11 is 6.18. The predicted octanol–water partition coefficient (Wildman–Crippen LogP) is 4.40. The Morgan fingerprint density at radius 2 is 1.67 bits per heavy atom. The first-order valence-electron chi connectivity index (χ1n) is 7.77. The van der Waals surface area contributed by atoms with Gasteiger partial charge in [-0.15, -0.1) is 0 Å². The molecule has 0 heterocycles. The third kappa shape index (κ3) is 5.00. The summed E-state index contributed by atoms with van der Waals surface area (Å²) in [5, 5.41) is 3.82. The van der Waals surface area contributed by atoms with Gasteiger partial charge in [0.05, 0.1) is 0 Å². The number of benzene rings is 2. The Morgan fingerprint density at radius 3 is 2.29 bits per heavy atom. The highest BCUT2D eigenvalue weighted by Crippen LogP contribution is 2.21. The zero-order valence-electron chi connectivity index (χ0n) is 13.8. The molecule has 0 spiro atoms. The first-order valence-corrected chi connectivity index (χ1v) is 8.15. The quantitative estimate of drug-likeness (QED) is 0.465. The van der Waals surface area contributed by atoms with E-state index in [-0.39, 0.29) is 11.8 Å². The summed E-state index contributed by atoms with van der Waals surface area (Å²) in [6.07, 6.45) is 3.29. The van der Waals surface area contributed by atoms with Crippen LogP contribution in [0, 0.1) is 0 Å². The van der Waals surface area contributed by atoms with Crippen LogP contribution in [-0.4, -0.2) is 11.8 Å².